The lowest BCUT2D eigenvalue weighted by Gasteiger charge is -2.49. The number of hydrogen-bond donors (Lipinski definition) is 1. The number of carbonyl (C=O) groups is 3. The molecule has 2 unspecified atom stereocenters. The summed E-state index contributed by atoms with van der Waals surface area (Å²) in [6, 6.07) is 3.82. The number of sulfonamides is 1. The summed E-state index contributed by atoms with van der Waals surface area (Å²) in [6.45, 7) is 10.1. The molecule has 10 nitrogen and oxygen atoms in total. The van der Waals surface area contributed by atoms with Crippen molar-refractivity contribution in [1.82, 2.24) is 14.5 Å². The molecule has 0 bridgehead atoms. The molecule has 2 amide bonds. The molecule has 1 aromatic rings. The smallest absolute Gasteiger partial charge is 0.410 e. The van der Waals surface area contributed by atoms with Crippen LogP contribution in [0.3, 0.4) is 0 Å². The summed E-state index contributed by atoms with van der Waals surface area (Å²) in [7, 11) is -3.43. The van der Waals surface area contributed by atoms with Crippen LogP contribution in [0.5, 0.6) is 0 Å². The first-order chi connectivity index (χ1) is 21.1. The van der Waals surface area contributed by atoms with E-state index in [0.717, 1.165) is 5.57 Å². The molecule has 3 heterocycles. The lowest BCUT2D eigenvalue weighted by atomic mass is 9.67. The van der Waals surface area contributed by atoms with Gasteiger partial charge in [0.05, 0.1) is 22.4 Å². The molecule has 0 radical (unpaired) electrons. The van der Waals surface area contributed by atoms with Crippen molar-refractivity contribution in [3.63, 3.8) is 0 Å². The number of benzene rings is 1. The van der Waals surface area contributed by atoms with Gasteiger partial charge in [-0.2, -0.15) is 4.31 Å². The third-order valence-corrected chi connectivity index (χ3v) is 12.0. The predicted octanol–water partition coefficient (Wildman–Crippen LogP) is 5.67. The van der Waals surface area contributed by atoms with Gasteiger partial charge in [-0.1, -0.05) is 30.1 Å². The van der Waals surface area contributed by atoms with Crippen LogP contribution in [0.1, 0.15) is 83.5 Å². The monoisotopic (exact) mass is 682 g/mol. The fourth-order valence-corrected chi connectivity index (χ4v) is 8.99. The average Bonchev–Trinajstić information content (AvgIpc) is 2.95. The summed E-state index contributed by atoms with van der Waals surface area (Å²) in [4.78, 5) is 44.8. The molecule has 2 fully saturated rings. The fourth-order valence-electron chi connectivity index (χ4n) is 6.75. The Balaban J connectivity index is 1.56. The van der Waals surface area contributed by atoms with Crippen molar-refractivity contribution in [2.75, 3.05) is 25.4 Å². The summed E-state index contributed by atoms with van der Waals surface area (Å²) in [5.74, 6) is -0.143. The van der Waals surface area contributed by atoms with E-state index in [4.69, 9.17) is 32.9 Å². The lowest BCUT2D eigenvalue weighted by Crippen LogP contribution is -2.56. The molecule has 248 valence electrons. The minimum absolute atomic E-state index is 0.0773. The molecule has 4 atom stereocenters. The normalized spacial score (nSPS) is 26.4. The summed E-state index contributed by atoms with van der Waals surface area (Å²) < 4.78 is 33.8. The first kappa shape index (κ1) is 35.4. The molecule has 0 aromatic heterocycles. The zero-order valence-electron chi connectivity index (χ0n) is 26.6. The van der Waals surface area contributed by atoms with E-state index in [-0.39, 0.29) is 47.1 Å². The Labute approximate surface area is 276 Å². The van der Waals surface area contributed by atoms with E-state index < -0.39 is 27.1 Å². The van der Waals surface area contributed by atoms with Crippen LogP contribution in [0.15, 0.2) is 34.8 Å². The molecular formula is C32H44Cl2N4O6S. The first-order valence-electron chi connectivity index (χ1n) is 15.6. The highest BCUT2D eigenvalue weighted by Crippen LogP contribution is 2.44. The zero-order chi connectivity index (χ0) is 33.2. The van der Waals surface area contributed by atoms with Crippen LogP contribution >= 0.6 is 23.2 Å². The maximum atomic E-state index is 13.3. The first-order valence-corrected chi connectivity index (χ1v) is 17.9. The van der Waals surface area contributed by atoms with E-state index in [2.05, 4.69) is 5.32 Å². The van der Waals surface area contributed by atoms with E-state index in [9.17, 15) is 22.8 Å². The van der Waals surface area contributed by atoms with Crippen molar-refractivity contribution in [1.29, 1.82) is 0 Å². The maximum Gasteiger partial charge on any atom is 0.410 e. The Morgan fingerprint density at radius 3 is 2.53 bits per heavy atom. The Bertz CT molecular complexity index is 1480. The Morgan fingerprint density at radius 1 is 1.16 bits per heavy atom. The van der Waals surface area contributed by atoms with Crippen LogP contribution in [0.2, 0.25) is 10.0 Å². The third kappa shape index (κ3) is 8.10. The number of amides is 2. The summed E-state index contributed by atoms with van der Waals surface area (Å²) >= 11 is 12.4. The Kier molecular flexibility index (Phi) is 11.1. The van der Waals surface area contributed by atoms with E-state index in [1.807, 2.05) is 40.7 Å². The molecule has 3 aliphatic rings. The predicted molar refractivity (Wildman–Crippen MR) is 177 cm³/mol. The molecule has 0 aliphatic carbocycles. The minimum atomic E-state index is -3.43. The number of aliphatic imine (C=N–C) groups is 1. The van der Waals surface area contributed by atoms with Gasteiger partial charge >= 0.3 is 6.09 Å². The van der Waals surface area contributed by atoms with Crippen LogP contribution in [0.25, 0.3) is 0 Å². The Morgan fingerprint density at radius 2 is 1.89 bits per heavy atom. The van der Waals surface area contributed by atoms with E-state index in [1.54, 1.807) is 27.6 Å². The lowest BCUT2D eigenvalue weighted by molar-refractivity contribution is -0.122. The topological polar surface area (TPSA) is 125 Å². The SMILES string of the molecule is CCCS(=O)(=O)N1CC[C@](CNC(=O)c2ccc(Cl)cc2Cl)(C2CC(C(C)(C)OC(=O)N3CCC(=O)CC3C)=CC=N2)C[C@H]1C. The fraction of sp³-hybridized carbons (Fsp3) is 0.625. The van der Waals surface area contributed by atoms with Crippen LogP contribution in [-0.2, 0) is 19.6 Å². The van der Waals surface area contributed by atoms with E-state index >= 15 is 0 Å². The number of ketones is 1. The Hall–Kier alpha value is -2.47. The minimum Gasteiger partial charge on any atom is -0.439 e. The summed E-state index contributed by atoms with van der Waals surface area (Å²) in [5.41, 5.74) is -0.413. The number of Topliss-reactive ketones (excluding diaryl/α,β-unsaturated/α-hetero) is 1. The molecule has 4 rings (SSSR count). The van der Waals surface area contributed by atoms with E-state index in [0.29, 0.717) is 62.2 Å². The number of likely N-dealkylation sites (tertiary alicyclic amines) is 1. The van der Waals surface area contributed by atoms with Gasteiger partial charge in [-0.25, -0.2) is 13.2 Å². The second-order valence-electron chi connectivity index (χ2n) is 13.0. The molecule has 0 spiro atoms. The number of nitrogens with one attached hydrogen (secondary N) is 1. The van der Waals surface area contributed by atoms with Crippen LogP contribution in [0, 0.1) is 5.41 Å². The standard InChI is InChI=1S/C32H44Cl2N4O6S/c1-6-15-45(42,43)38-14-11-32(19-22(38)3,20-36-29(40)26-8-7-24(33)18-27(26)34)28-17-23(9-12-35-28)31(4,5)44-30(41)37-13-10-25(39)16-21(37)2/h7-9,12,18,21-22,28H,6,10-11,13-17,19-20H2,1-5H3,(H,36,40)/t21?,22-,28?,32+/m1/s1. The van der Waals surface area contributed by atoms with Crippen molar-refractivity contribution in [3.8, 4) is 0 Å². The van der Waals surface area contributed by atoms with Gasteiger partial charge in [0.1, 0.15) is 11.4 Å². The molecule has 1 N–H and O–H groups in total. The van der Waals surface area contributed by atoms with Gasteiger partial charge in [-0.15, -0.1) is 0 Å². The molecular weight excluding hydrogens is 639 g/mol. The largest absolute Gasteiger partial charge is 0.439 e. The number of piperidine rings is 2. The van der Waals surface area contributed by atoms with Crippen molar-refractivity contribution in [2.24, 2.45) is 10.4 Å². The number of halogens is 2. The summed E-state index contributed by atoms with van der Waals surface area (Å²) in [6.07, 6.45) is 5.66. The van der Waals surface area contributed by atoms with E-state index in [1.165, 1.54) is 6.07 Å². The number of ether oxygens (including phenoxy) is 1. The highest BCUT2D eigenvalue weighted by Gasteiger charge is 2.48. The molecule has 3 aliphatic heterocycles. The third-order valence-electron chi connectivity index (χ3n) is 9.32. The highest BCUT2D eigenvalue weighted by atomic mass is 35.5. The highest BCUT2D eigenvalue weighted by molar-refractivity contribution is 7.89. The number of hydrogen-bond acceptors (Lipinski definition) is 7. The van der Waals surface area contributed by atoms with Gasteiger partial charge in [0.15, 0.2) is 0 Å². The van der Waals surface area contributed by atoms with Crippen LogP contribution in [0.4, 0.5) is 4.79 Å². The average molecular weight is 684 g/mol. The van der Waals surface area contributed by atoms with Gasteiger partial charge < -0.3 is 15.0 Å². The van der Waals surface area contributed by atoms with Crippen molar-refractivity contribution >= 4 is 57.2 Å². The number of dihydropyridines is 1. The zero-order valence-corrected chi connectivity index (χ0v) is 29.0. The van der Waals surface area contributed by atoms with Crippen LogP contribution < -0.4 is 5.32 Å². The van der Waals surface area contributed by atoms with Crippen molar-refractivity contribution in [2.45, 2.75) is 96.9 Å². The number of carbonyl (C=O) groups excluding carboxylic acids is 3. The van der Waals surface area contributed by atoms with Crippen molar-refractivity contribution in [3.05, 3.63) is 45.5 Å². The van der Waals surface area contributed by atoms with Gasteiger partial charge in [0, 0.05) is 61.2 Å². The second-order valence-corrected chi connectivity index (χ2v) is 15.9. The summed E-state index contributed by atoms with van der Waals surface area (Å²) in [5, 5.41) is 3.71. The molecule has 45 heavy (non-hydrogen) atoms. The second kappa shape index (κ2) is 14.1. The molecule has 2 saturated heterocycles. The maximum absolute atomic E-state index is 13.3. The quantitative estimate of drug-likeness (QED) is 0.358. The molecule has 0 saturated carbocycles. The van der Waals surface area contributed by atoms with Gasteiger partial charge in [-0.3, -0.25) is 14.6 Å². The van der Waals surface area contributed by atoms with Gasteiger partial charge in [-0.05, 0) is 83.2 Å². The number of allylic oxidation sites excluding steroid dienone is 1. The molecule has 1 aromatic carbocycles. The van der Waals surface area contributed by atoms with Gasteiger partial charge in [0.2, 0.25) is 10.0 Å². The van der Waals surface area contributed by atoms with Crippen LogP contribution in [-0.4, -0.2) is 90.7 Å². The van der Waals surface area contributed by atoms with Gasteiger partial charge in [0.25, 0.3) is 5.91 Å². The number of nitrogens with zero attached hydrogens (tertiary/aromatic N) is 3. The molecule has 13 heteroatoms. The van der Waals surface area contributed by atoms with Crippen molar-refractivity contribution < 1.29 is 27.5 Å². The number of rotatable bonds is 9.